The van der Waals surface area contributed by atoms with Crippen LogP contribution in [0.4, 0.5) is 0 Å². The molecule has 0 spiro atoms. The van der Waals surface area contributed by atoms with E-state index >= 15 is 0 Å². The van der Waals surface area contributed by atoms with Crippen molar-refractivity contribution >= 4 is 0 Å². The highest BCUT2D eigenvalue weighted by atomic mass is 15.2. The zero-order valence-electron chi connectivity index (χ0n) is 10.2. The lowest BCUT2D eigenvalue weighted by atomic mass is 9.98. The van der Waals surface area contributed by atoms with Crippen molar-refractivity contribution in [3.63, 3.8) is 0 Å². The molecule has 0 aromatic rings. The molecule has 2 rings (SSSR count). The molecular weight excluding hydrogens is 186 g/mol. The second kappa shape index (κ2) is 5.28. The highest BCUT2D eigenvalue weighted by Gasteiger charge is 2.22. The Balaban J connectivity index is 1.64. The number of hydrogen-bond acceptors (Lipinski definition) is 3. The second-order valence-electron chi connectivity index (χ2n) is 5.41. The molecule has 0 aromatic heterocycles. The van der Waals surface area contributed by atoms with Gasteiger partial charge in [-0.2, -0.15) is 0 Å². The third-order valence-electron chi connectivity index (χ3n) is 3.87. The number of nitrogens with zero attached hydrogens (tertiary/aromatic N) is 2. The van der Waals surface area contributed by atoms with E-state index in [-0.39, 0.29) is 0 Å². The van der Waals surface area contributed by atoms with Crippen LogP contribution in [0.25, 0.3) is 0 Å². The van der Waals surface area contributed by atoms with E-state index in [9.17, 15) is 0 Å². The van der Waals surface area contributed by atoms with Crippen molar-refractivity contribution in [2.24, 2.45) is 5.92 Å². The number of piperazine rings is 1. The molecule has 0 radical (unpaired) electrons. The van der Waals surface area contributed by atoms with E-state index < -0.39 is 0 Å². The Kier molecular flexibility index (Phi) is 4.00. The predicted octanol–water partition coefficient (Wildman–Crippen LogP) is 0.622. The Morgan fingerprint density at radius 3 is 2.53 bits per heavy atom. The van der Waals surface area contributed by atoms with Crippen LogP contribution in [0.5, 0.6) is 0 Å². The normalized spacial score (nSPS) is 34.8. The molecule has 1 N–H and O–H groups in total. The first kappa shape index (κ1) is 11.4. The van der Waals surface area contributed by atoms with E-state index in [1.54, 1.807) is 0 Å². The van der Waals surface area contributed by atoms with Gasteiger partial charge in [-0.15, -0.1) is 0 Å². The van der Waals surface area contributed by atoms with Gasteiger partial charge in [0.25, 0.3) is 0 Å². The first-order chi connectivity index (χ1) is 7.24. The van der Waals surface area contributed by atoms with Gasteiger partial charge in [-0.1, -0.05) is 0 Å². The van der Waals surface area contributed by atoms with Crippen molar-refractivity contribution in [1.29, 1.82) is 0 Å². The lowest BCUT2D eigenvalue weighted by Crippen LogP contribution is -2.49. The molecule has 0 aliphatic carbocycles. The van der Waals surface area contributed by atoms with E-state index in [0.29, 0.717) is 0 Å². The third-order valence-corrected chi connectivity index (χ3v) is 3.87. The summed E-state index contributed by atoms with van der Waals surface area (Å²) in [6.07, 6.45) is 4.19. The molecule has 0 bridgehead atoms. The minimum absolute atomic E-state index is 0.745. The number of rotatable bonds is 3. The molecule has 15 heavy (non-hydrogen) atoms. The quantitative estimate of drug-likeness (QED) is 0.738. The van der Waals surface area contributed by atoms with Gasteiger partial charge in [-0.25, -0.2) is 0 Å². The molecule has 2 fully saturated rings. The summed E-state index contributed by atoms with van der Waals surface area (Å²) in [6, 6.07) is 0.745. The van der Waals surface area contributed by atoms with Gasteiger partial charge < -0.3 is 15.1 Å². The lowest BCUT2D eigenvalue weighted by molar-refractivity contribution is 0.224. The summed E-state index contributed by atoms with van der Waals surface area (Å²) in [5.41, 5.74) is 0. The maximum Gasteiger partial charge on any atom is 0.0195 e. The van der Waals surface area contributed by atoms with Crippen LogP contribution >= 0.6 is 0 Å². The molecule has 0 amide bonds. The van der Waals surface area contributed by atoms with Crippen LogP contribution in [0.1, 0.15) is 19.3 Å². The van der Waals surface area contributed by atoms with E-state index in [0.717, 1.165) is 12.0 Å². The molecule has 0 saturated carbocycles. The molecule has 2 atom stereocenters. The average Bonchev–Trinajstić information content (AvgIpc) is 2.62. The van der Waals surface area contributed by atoms with Crippen LogP contribution in [0.2, 0.25) is 0 Å². The molecule has 2 aliphatic heterocycles. The van der Waals surface area contributed by atoms with Crippen molar-refractivity contribution in [2.45, 2.75) is 25.3 Å². The molecule has 2 saturated heterocycles. The maximum atomic E-state index is 3.63. The Bertz CT molecular complexity index is 195. The molecule has 2 heterocycles. The summed E-state index contributed by atoms with van der Waals surface area (Å²) in [4.78, 5) is 4.91. The van der Waals surface area contributed by atoms with Crippen LogP contribution in [0.3, 0.4) is 0 Å². The second-order valence-corrected chi connectivity index (χ2v) is 5.41. The van der Waals surface area contributed by atoms with Crippen molar-refractivity contribution in [2.75, 3.05) is 46.8 Å². The Morgan fingerprint density at radius 1 is 1.07 bits per heavy atom. The highest BCUT2D eigenvalue weighted by Crippen LogP contribution is 2.20. The number of likely N-dealkylation sites (N-methyl/N-ethyl adjacent to an activating group) is 1. The largest absolute Gasteiger partial charge is 0.311 e. The predicted molar refractivity (Wildman–Crippen MR) is 64.1 cm³/mol. The molecule has 2 aliphatic rings. The van der Waals surface area contributed by atoms with E-state index in [2.05, 4.69) is 29.2 Å². The van der Waals surface area contributed by atoms with Crippen LogP contribution < -0.4 is 5.32 Å². The Hall–Kier alpha value is -0.120. The van der Waals surface area contributed by atoms with Crippen LogP contribution in [0.15, 0.2) is 0 Å². The molecular formula is C12H25N3. The molecule has 3 nitrogen and oxygen atoms in total. The summed E-state index contributed by atoms with van der Waals surface area (Å²) < 4.78 is 0. The van der Waals surface area contributed by atoms with Gasteiger partial charge in [0.2, 0.25) is 0 Å². The molecule has 2 unspecified atom stereocenters. The lowest BCUT2D eigenvalue weighted by Gasteiger charge is -2.31. The summed E-state index contributed by atoms with van der Waals surface area (Å²) >= 11 is 0. The van der Waals surface area contributed by atoms with Crippen LogP contribution in [-0.4, -0.2) is 62.7 Å². The van der Waals surface area contributed by atoms with Gasteiger partial charge >= 0.3 is 0 Å². The van der Waals surface area contributed by atoms with Crippen molar-refractivity contribution < 1.29 is 0 Å². The number of likely N-dealkylation sites (tertiary alicyclic amines) is 1. The monoisotopic (exact) mass is 211 g/mol. The summed E-state index contributed by atoms with van der Waals surface area (Å²) in [5.74, 6) is 0.962. The van der Waals surface area contributed by atoms with Gasteiger partial charge in [0.05, 0.1) is 0 Å². The zero-order valence-corrected chi connectivity index (χ0v) is 10.2. The van der Waals surface area contributed by atoms with Crippen molar-refractivity contribution in [3.8, 4) is 0 Å². The molecule has 3 heteroatoms. The standard InChI is InChI=1S/C12H25N3/c1-14-7-5-11(9-14)3-4-12-10-15(2)8-6-13-12/h11-13H,3-10H2,1-2H3. The highest BCUT2D eigenvalue weighted by molar-refractivity contribution is 4.80. The fraction of sp³-hybridized carbons (Fsp3) is 1.00. The van der Waals surface area contributed by atoms with E-state index in [1.165, 1.54) is 52.0 Å². The fourth-order valence-corrected chi connectivity index (χ4v) is 2.88. The Morgan fingerprint density at radius 2 is 1.87 bits per heavy atom. The first-order valence-electron chi connectivity index (χ1n) is 6.34. The van der Waals surface area contributed by atoms with Crippen molar-refractivity contribution in [1.82, 2.24) is 15.1 Å². The minimum atomic E-state index is 0.745. The third kappa shape index (κ3) is 3.44. The smallest absolute Gasteiger partial charge is 0.0195 e. The number of nitrogens with one attached hydrogen (secondary N) is 1. The van der Waals surface area contributed by atoms with Gasteiger partial charge in [0.1, 0.15) is 0 Å². The summed E-state index contributed by atoms with van der Waals surface area (Å²) in [6.45, 7) is 6.25. The van der Waals surface area contributed by atoms with Gasteiger partial charge in [-0.05, 0) is 45.8 Å². The fourth-order valence-electron chi connectivity index (χ4n) is 2.88. The topological polar surface area (TPSA) is 18.5 Å². The number of hydrogen-bond donors (Lipinski definition) is 1. The van der Waals surface area contributed by atoms with Crippen LogP contribution in [0, 0.1) is 5.92 Å². The molecule has 0 aromatic carbocycles. The van der Waals surface area contributed by atoms with E-state index in [4.69, 9.17) is 0 Å². The summed E-state index contributed by atoms with van der Waals surface area (Å²) in [5, 5.41) is 3.63. The van der Waals surface area contributed by atoms with E-state index in [1.807, 2.05) is 0 Å². The minimum Gasteiger partial charge on any atom is -0.311 e. The van der Waals surface area contributed by atoms with Gasteiger partial charge in [-0.3, -0.25) is 0 Å². The first-order valence-corrected chi connectivity index (χ1v) is 6.34. The maximum absolute atomic E-state index is 3.63. The summed E-state index contributed by atoms with van der Waals surface area (Å²) in [7, 11) is 4.48. The zero-order chi connectivity index (χ0) is 10.7. The molecule has 88 valence electrons. The van der Waals surface area contributed by atoms with Crippen LogP contribution in [-0.2, 0) is 0 Å². The SMILES string of the molecule is CN1CCC(CCC2CN(C)CCN2)C1. The average molecular weight is 211 g/mol. The van der Waals surface area contributed by atoms with Gasteiger partial charge in [0.15, 0.2) is 0 Å². The Labute approximate surface area is 93.8 Å². The van der Waals surface area contributed by atoms with Crippen molar-refractivity contribution in [3.05, 3.63) is 0 Å². The van der Waals surface area contributed by atoms with Gasteiger partial charge in [0, 0.05) is 32.2 Å².